The third-order valence-electron chi connectivity index (χ3n) is 5.73. The molecule has 4 rings (SSSR count). The number of ether oxygens (including phenoxy) is 1. The molecular weight excluding hydrogens is 358 g/mol. The largest absolute Gasteiger partial charge is 0.495 e. The van der Waals surface area contributed by atoms with Crippen molar-refractivity contribution in [1.29, 1.82) is 0 Å². The van der Waals surface area contributed by atoms with Crippen LogP contribution in [0.4, 0.5) is 10.5 Å². The maximum Gasteiger partial charge on any atom is 0.319 e. The first-order valence-electron chi connectivity index (χ1n) is 9.71. The molecule has 1 unspecified atom stereocenters. The number of hydrogen-bond acceptors (Lipinski definition) is 4. The van der Waals surface area contributed by atoms with Gasteiger partial charge < -0.3 is 15.4 Å². The van der Waals surface area contributed by atoms with Gasteiger partial charge in [-0.05, 0) is 49.3 Å². The van der Waals surface area contributed by atoms with Crippen molar-refractivity contribution >= 4 is 23.1 Å². The van der Waals surface area contributed by atoms with E-state index >= 15 is 0 Å². The molecule has 0 spiro atoms. The number of anilines is 1. The van der Waals surface area contributed by atoms with Crippen LogP contribution < -0.4 is 15.4 Å². The minimum Gasteiger partial charge on any atom is -0.495 e. The number of thiophene rings is 1. The molecule has 2 amide bonds. The van der Waals surface area contributed by atoms with E-state index in [9.17, 15) is 4.79 Å². The standard InChI is InChI=1S/C21H27N3O2S/c1-26-20-10-3-2-9-19(20)23-21(25)22-15-12-16-6-4-7-17(13-15)24(16)14-18-8-5-11-27-18/h2-3,5,8-11,15-17H,4,6-7,12-14H2,1H3,(H2,22,23,25)/t15?,16-,17+. The van der Waals surface area contributed by atoms with E-state index in [4.69, 9.17) is 4.74 Å². The Morgan fingerprint density at radius 3 is 2.67 bits per heavy atom. The summed E-state index contributed by atoms with van der Waals surface area (Å²) in [4.78, 5) is 16.6. The Kier molecular flexibility index (Phi) is 5.64. The van der Waals surface area contributed by atoms with Gasteiger partial charge in [0.05, 0.1) is 12.8 Å². The molecule has 2 saturated heterocycles. The average Bonchev–Trinajstić information content (AvgIpc) is 3.16. The number of urea groups is 1. The molecule has 2 fully saturated rings. The number of nitrogens with zero attached hydrogens (tertiary/aromatic N) is 1. The number of carbonyl (C=O) groups is 1. The van der Waals surface area contributed by atoms with Crippen LogP contribution in [0.25, 0.3) is 0 Å². The first kappa shape index (κ1) is 18.3. The van der Waals surface area contributed by atoms with Gasteiger partial charge in [0.2, 0.25) is 0 Å². The van der Waals surface area contributed by atoms with Gasteiger partial charge in [-0.25, -0.2) is 4.79 Å². The number of piperidine rings is 2. The minimum atomic E-state index is -0.144. The maximum absolute atomic E-state index is 12.5. The molecule has 2 aliphatic rings. The van der Waals surface area contributed by atoms with Crippen molar-refractivity contribution in [2.24, 2.45) is 0 Å². The van der Waals surface area contributed by atoms with Crippen LogP contribution in [0.2, 0.25) is 0 Å². The summed E-state index contributed by atoms with van der Waals surface area (Å²) in [5.74, 6) is 0.676. The second kappa shape index (κ2) is 8.31. The lowest BCUT2D eigenvalue weighted by Crippen LogP contribution is -2.56. The number of carbonyl (C=O) groups excluding carboxylic acids is 1. The molecule has 1 aromatic heterocycles. The van der Waals surface area contributed by atoms with Gasteiger partial charge in [0.1, 0.15) is 5.75 Å². The topological polar surface area (TPSA) is 53.6 Å². The summed E-state index contributed by atoms with van der Waals surface area (Å²) < 4.78 is 5.31. The zero-order valence-electron chi connectivity index (χ0n) is 15.7. The normalized spacial score (nSPS) is 25.0. The van der Waals surface area contributed by atoms with Crippen LogP contribution in [0, 0.1) is 0 Å². The number of hydrogen-bond donors (Lipinski definition) is 2. The predicted octanol–water partition coefficient (Wildman–Crippen LogP) is 4.46. The van der Waals surface area contributed by atoms with Gasteiger partial charge in [0.25, 0.3) is 0 Å². The number of methoxy groups -OCH3 is 1. The van der Waals surface area contributed by atoms with Gasteiger partial charge in [-0.1, -0.05) is 24.6 Å². The molecule has 2 bridgehead atoms. The fraction of sp³-hybridized carbons (Fsp3) is 0.476. The van der Waals surface area contributed by atoms with Crippen LogP contribution in [0.5, 0.6) is 5.75 Å². The van der Waals surface area contributed by atoms with Crippen molar-refractivity contribution in [2.75, 3.05) is 12.4 Å². The van der Waals surface area contributed by atoms with E-state index in [0.717, 1.165) is 19.4 Å². The Morgan fingerprint density at radius 2 is 1.96 bits per heavy atom. The molecular formula is C21H27N3O2S. The average molecular weight is 386 g/mol. The number of fused-ring (bicyclic) bond motifs is 2. The highest BCUT2D eigenvalue weighted by atomic mass is 32.1. The highest BCUT2D eigenvalue weighted by Gasteiger charge is 2.38. The van der Waals surface area contributed by atoms with Crippen LogP contribution in [-0.2, 0) is 6.54 Å². The van der Waals surface area contributed by atoms with Gasteiger partial charge in [-0.3, -0.25) is 4.90 Å². The van der Waals surface area contributed by atoms with Crippen molar-refractivity contribution in [3.8, 4) is 5.75 Å². The molecule has 144 valence electrons. The van der Waals surface area contributed by atoms with Gasteiger partial charge >= 0.3 is 6.03 Å². The summed E-state index contributed by atoms with van der Waals surface area (Å²) >= 11 is 1.84. The first-order valence-corrected chi connectivity index (χ1v) is 10.6. The quantitative estimate of drug-likeness (QED) is 0.799. The Morgan fingerprint density at radius 1 is 1.19 bits per heavy atom. The summed E-state index contributed by atoms with van der Waals surface area (Å²) in [5.41, 5.74) is 0.702. The van der Waals surface area contributed by atoms with Gasteiger partial charge in [-0.2, -0.15) is 0 Å². The van der Waals surface area contributed by atoms with Crippen molar-refractivity contribution in [2.45, 2.75) is 56.8 Å². The van der Waals surface area contributed by atoms with E-state index < -0.39 is 0 Å². The van der Waals surface area contributed by atoms with Crippen LogP contribution >= 0.6 is 11.3 Å². The number of para-hydroxylation sites is 2. The fourth-order valence-corrected chi connectivity index (χ4v) is 5.24. The number of rotatable bonds is 5. The SMILES string of the molecule is COc1ccccc1NC(=O)NC1C[C@H]2CCC[C@@H](C1)N2Cc1cccs1. The van der Waals surface area contributed by atoms with Gasteiger partial charge in [-0.15, -0.1) is 11.3 Å². The summed E-state index contributed by atoms with van der Waals surface area (Å²) in [7, 11) is 1.61. The van der Waals surface area contributed by atoms with Crippen molar-refractivity contribution in [1.82, 2.24) is 10.2 Å². The molecule has 0 aliphatic carbocycles. The Labute approximate surface area is 164 Å². The molecule has 0 radical (unpaired) electrons. The zero-order chi connectivity index (χ0) is 18.6. The lowest BCUT2D eigenvalue weighted by molar-refractivity contribution is 0.0208. The number of benzene rings is 1. The molecule has 3 heterocycles. The van der Waals surface area contributed by atoms with Crippen molar-refractivity contribution in [3.05, 3.63) is 46.7 Å². The Bertz CT molecular complexity index is 751. The molecule has 2 aliphatic heterocycles. The first-order chi connectivity index (χ1) is 13.2. The number of amides is 2. The third kappa shape index (κ3) is 4.28. The predicted molar refractivity (Wildman–Crippen MR) is 109 cm³/mol. The summed E-state index contributed by atoms with van der Waals surface area (Å²) in [6.07, 6.45) is 5.82. The minimum absolute atomic E-state index is 0.144. The van der Waals surface area contributed by atoms with Gasteiger partial charge in [0, 0.05) is 29.5 Å². The maximum atomic E-state index is 12.5. The highest BCUT2D eigenvalue weighted by Crippen LogP contribution is 2.35. The molecule has 0 saturated carbocycles. The van der Waals surface area contributed by atoms with Crippen LogP contribution in [-0.4, -0.2) is 36.2 Å². The summed E-state index contributed by atoms with van der Waals surface area (Å²) in [6.45, 7) is 1.05. The smallest absolute Gasteiger partial charge is 0.319 e. The van der Waals surface area contributed by atoms with Crippen LogP contribution in [0.1, 0.15) is 37.0 Å². The fourth-order valence-electron chi connectivity index (χ4n) is 4.53. The van der Waals surface area contributed by atoms with E-state index in [1.165, 1.54) is 24.1 Å². The molecule has 2 N–H and O–H groups in total. The molecule has 2 aromatic rings. The van der Waals surface area contributed by atoms with Crippen molar-refractivity contribution in [3.63, 3.8) is 0 Å². The molecule has 27 heavy (non-hydrogen) atoms. The summed E-state index contributed by atoms with van der Waals surface area (Å²) in [5, 5.41) is 8.29. The van der Waals surface area contributed by atoms with E-state index in [0.29, 0.717) is 23.5 Å². The second-order valence-electron chi connectivity index (χ2n) is 7.46. The number of nitrogens with one attached hydrogen (secondary N) is 2. The van der Waals surface area contributed by atoms with E-state index in [2.05, 4.69) is 33.0 Å². The Hall–Kier alpha value is -2.05. The van der Waals surface area contributed by atoms with E-state index in [-0.39, 0.29) is 12.1 Å². The highest BCUT2D eigenvalue weighted by molar-refractivity contribution is 7.09. The summed E-state index contributed by atoms with van der Waals surface area (Å²) in [6, 6.07) is 13.1. The third-order valence-corrected chi connectivity index (χ3v) is 6.60. The monoisotopic (exact) mass is 385 g/mol. The van der Waals surface area contributed by atoms with Gasteiger partial charge in [0.15, 0.2) is 0 Å². The zero-order valence-corrected chi connectivity index (χ0v) is 16.5. The lowest BCUT2D eigenvalue weighted by atomic mass is 9.81. The second-order valence-corrected chi connectivity index (χ2v) is 8.49. The lowest BCUT2D eigenvalue weighted by Gasteiger charge is -2.48. The Balaban J connectivity index is 1.36. The molecule has 1 aromatic carbocycles. The van der Waals surface area contributed by atoms with Crippen LogP contribution in [0.3, 0.4) is 0 Å². The van der Waals surface area contributed by atoms with E-state index in [1.54, 1.807) is 7.11 Å². The molecule has 3 atom stereocenters. The molecule has 6 heteroatoms. The molecule has 5 nitrogen and oxygen atoms in total. The van der Waals surface area contributed by atoms with Crippen molar-refractivity contribution < 1.29 is 9.53 Å². The van der Waals surface area contributed by atoms with Crippen LogP contribution in [0.15, 0.2) is 41.8 Å². The van der Waals surface area contributed by atoms with E-state index in [1.807, 2.05) is 35.6 Å².